The highest BCUT2D eigenvalue weighted by atomic mass is 16.5. The second kappa shape index (κ2) is 9.55. The SMILES string of the molecule is CC(C)C(NC(=O)CN(C)Cc1cccnc1)c1ccc2c(c1)OCCCO2. The van der Waals surface area contributed by atoms with Gasteiger partial charge in [0.05, 0.1) is 25.8 Å². The lowest BCUT2D eigenvalue weighted by molar-refractivity contribution is -0.123. The fourth-order valence-corrected chi connectivity index (χ4v) is 3.33. The Bertz CT molecular complexity index is 780. The smallest absolute Gasteiger partial charge is 0.234 e. The van der Waals surface area contributed by atoms with Crippen molar-refractivity contribution >= 4 is 5.91 Å². The Hall–Kier alpha value is -2.60. The van der Waals surface area contributed by atoms with Crippen LogP contribution in [0.1, 0.15) is 37.4 Å². The van der Waals surface area contributed by atoms with Gasteiger partial charge in [-0.25, -0.2) is 0 Å². The zero-order chi connectivity index (χ0) is 19.9. The number of benzene rings is 1. The zero-order valence-electron chi connectivity index (χ0n) is 16.9. The molecule has 1 aliphatic rings. The van der Waals surface area contributed by atoms with Crippen LogP contribution in [0.15, 0.2) is 42.7 Å². The molecule has 2 heterocycles. The number of rotatable bonds is 7. The van der Waals surface area contributed by atoms with Gasteiger partial charge in [0.15, 0.2) is 11.5 Å². The fraction of sp³-hybridized carbons (Fsp3) is 0.455. The van der Waals surface area contributed by atoms with Gasteiger partial charge in [0.25, 0.3) is 0 Å². The largest absolute Gasteiger partial charge is 0.490 e. The molecule has 0 saturated carbocycles. The van der Waals surface area contributed by atoms with E-state index in [1.54, 1.807) is 6.20 Å². The first-order valence-corrected chi connectivity index (χ1v) is 9.79. The van der Waals surface area contributed by atoms with Crippen molar-refractivity contribution in [1.82, 2.24) is 15.2 Å². The molecule has 0 radical (unpaired) electrons. The number of carbonyl (C=O) groups excluding carboxylic acids is 1. The van der Waals surface area contributed by atoms with Gasteiger partial charge in [0, 0.05) is 25.4 Å². The van der Waals surface area contributed by atoms with E-state index in [9.17, 15) is 4.79 Å². The number of aromatic nitrogens is 1. The molecule has 6 heteroatoms. The Morgan fingerprint density at radius 3 is 2.71 bits per heavy atom. The van der Waals surface area contributed by atoms with E-state index in [2.05, 4.69) is 24.1 Å². The summed E-state index contributed by atoms with van der Waals surface area (Å²) in [5.74, 6) is 1.77. The van der Waals surface area contributed by atoms with Crippen molar-refractivity contribution in [3.05, 3.63) is 53.9 Å². The van der Waals surface area contributed by atoms with Crippen molar-refractivity contribution in [3.8, 4) is 11.5 Å². The maximum atomic E-state index is 12.7. The Labute approximate surface area is 166 Å². The van der Waals surface area contributed by atoms with Gasteiger partial charge < -0.3 is 14.8 Å². The van der Waals surface area contributed by atoms with Crippen LogP contribution in [0.25, 0.3) is 0 Å². The van der Waals surface area contributed by atoms with Crippen LogP contribution in [0.2, 0.25) is 0 Å². The lowest BCUT2D eigenvalue weighted by atomic mass is 9.95. The lowest BCUT2D eigenvalue weighted by Gasteiger charge is -2.25. The molecule has 1 amide bonds. The molecular formula is C22H29N3O3. The predicted octanol–water partition coefficient (Wildman–Crippen LogP) is 3.19. The number of carbonyl (C=O) groups is 1. The molecule has 1 aliphatic heterocycles. The van der Waals surface area contributed by atoms with Gasteiger partial charge in [-0.15, -0.1) is 0 Å². The summed E-state index contributed by atoms with van der Waals surface area (Å²) >= 11 is 0. The Morgan fingerprint density at radius 1 is 1.21 bits per heavy atom. The van der Waals surface area contributed by atoms with E-state index in [1.807, 2.05) is 48.5 Å². The molecule has 0 aliphatic carbocycles. The second-order valence-electron chi connectivity index (χ2n) is 7.58. The molecule has 0 fully saturated rings. The maximum Gasteiger partial charge on any atom is 0.234 e. The minimum absolute atomic E-state index is 0.00259. The third-order valence-electron chi connectivity index (χ3n) is 4.70. The molecule has 1 aromatic heterocycles. The zero-order valence-corrected chi connectivity index (χ0v) is 16.9. The number of ether oxygens (including phenoxy) is 2. The molecule has 28 heavy (non-hydrogen) atoms. The first-order valence-electron chi connectivity index (χ1n) is 9.79. The average Bonchev–Trinajstić information content (AvgIpc) is 2.91. The Kier molecular flexibility index (Phi) is 6.87. The first kappa shape index (κ1) is 20.1. The number of nitrogens with zero attached hydrogens (tertiary/aromatic N) is 2. The monoisotopic (exact) mass is 383 g/mol. The molecule has 0 bridgehead atoms. The molecule has 1 N–H and O–H groups in total. The van der Waals surface area contributed by atoms with E-state index < -0.39 is 0 Å². The minimum Gasteiger partial charge on any atom is -0.490 e. The summed E-state index contributed by atoms with van der Waals surface area (Å²) in [4.78, 5) is 18.8. The molecule has 1 unspecified atom stereocenters. The van der Waals surface area contributed by atoms with Crippen LogP contribution in [-0.2, 0) is 11.3 Å². The number of fused-ring (bicyclic) bond motifs is 1. The average molecular weight is 383 g/mol. The number of hydrogen-bond acceptors (Lipinski definition) is 5. The molecular weight excluding hydrogens is 354 g/mol. The van der Waals surface area contributed by atoms with E-state index in [-0.39, 0.29) is 17.9 Å². The summed E-state index contributed by atoms with van der Waals surface area (Å²) in [6, 6.07) is 9.77. The molecule has 0 spiro atoms. The summed E-state index contributed by atoms with van der Waals surface area (Å²) in [7, 11) is 1.94. The lowest BCUT2D eigenvalue weighted by Crippen LogP contribution is -2.38. The molecule has 3 rings (SSSR count). The number of hydrogen-bond donors (Lipinski definition) is 1. The first-order chi connectivity index (χ1) is 13.5. The van der Waals surface area contributed by atoms with Crippen LogP contribution in [0.3, 0.4) is 0 Å². The number of pyridine rings is 1. The molecule has 0 saturated heterocycles. The van der Waals surface area contributed by atoms with E-state index in [1.165, 1.54) is 0 Å². The third-order valence-corrected chi connectivity index (χ3v) is 4.70. The molecule has 2 aromatic rings. The van der Waals surface area contributed by atoms with Gasteiger partial charge in [-0.2, -0.15) is 0 Å². The van der Waals surface area contributed by atoms with Crippen molar-refractivity contribution in [1.29, 1.82) is 0 Å². The van der Waals surface area contributed by atoms with Crippen LogP contribution in [-0.4, -0.2) is 42.6 Å². The molecule has 1 atom stereocenters. The van der Waals surface area contributed by atoms with Crippen molar-refractivity contribution in [2.45, 2.75) is 32.9 Å². The van der Waals surface area contributed by atoms with Crippen LogP contribution in [0.4, 0.5) is 0 Å². The highest BCUT2D eigenvalue weighted by Gasteiger charge is 2.21. The normalized spacial score (nSPS) is 14.6. The summed E-state index contributed by atoms with van der Waals surface area (Å²) in [5.41, 5.74) is 2.11. The van der Waals surface area contributed by atoms with Crippen molar-refractivity contribution in [2.75, 3.05) is 26.8 Å². The molecule has 150 valence electrons. The van der Waals surface area contributed by atoms with Crippen LogP contribution in [0.5, 0.6) is 11.5 Å². The van der Waals surface area contributed by atoms with Crippen LogP contribution < -0.4 is 14.8 Å². The van der Waals surface area contributed by atoms with Gasteiger partial charge >= 0.3 is 0 Å². The predicted molar refractivity (Wildman–Crippen MR) is 108 cm³/mol. The van der Waals surface area contributed by atoms with E-state index in [0.717, 1.165) is 29.0 Å². The van der Waals surface area contributed by atoms with Crippen molar-refractivity contribution in [2.24, 2.45) is 5.92 Å². The maximum absolute atomic E-state index is 12.7. The Morgan fingerprint density at radius 2 is 2.00 bits per heavy atom. The minimum atomic E-state index is -0.0866. The van der Waals surface area contributed by atoms with Crippen molar-refractivity contribution in [3.63, 3.8) is 0 Å². The topological polar surface area (TPSA) is 63.7 Å². The molecule has 6 nitrogen and oxygen atoms in total. The van der Waals surface area contributed by atoms with Gasteiger partial charge in [-0.1, -0.05) is 26.0 Å². The summed E-state index contributed by atoms with van der Waals surface area (Å²) < 4.78 is 11.5. The van der Waals surface area contributed by atoms with E-state index in [0.29, 0.717) is 26.3 Å². The molecule has 1 aromatic carbocycles. The fourth-order valence-electron chi connectivity index (χ4n) is 3.33. The van der Waals surface area contributed by atoms with Gasteiger partial charge in [-0.05, 0) is 42.3 Å². The summed E-state index contributed by atoms with van der Waals surface area (Å²) in [6.07, 6.45) is 4.44. The van der Waals surface area contributed by atoms with Crippen LogP contribution >= 0.6 is 0 Å². The number of amides is 1. The van der Waals surface area contributed by atoms with E-state index >= 15 is 0 Å². The van der Waals surface area contributed by atoms with Crippen molar-refractivity contribution < 1.29 is 14.3 Å². The Balaban J connectivity index is 1.64. The quantitative estimate of drug-likeness (QED) is 0.796. The summed E-state index contributed by atoms with van der Waals surface area (Å²) in [5, 5.41) is 3.18. The standard InChI is InChI=1S/C22H29N3O3/c1-16(2)22(18-7-8-19-20(12-18)28-11-5-10-27-19)24-21(26)15-25(3)14-17-6-4-9-23-13-17/h4,6-9,12-13,16,22H,5,10-11,14-15H2,1-3H3,(H,24,26). The highest BCUT2D eigenvalue weighted by molar-refractivity contribution is 5.78. The number of likely N-dealkylation sites (N-methyl/N-ethyl adjacent to an activating group) is 1. The third kappa shape index (κ3) is 5.45. The van der Waals surface area contributed by atoms with Gasteiger partial charge in [0.2, 0.25) is 5.91 Å². The summed E-state index contributed by atoms with van der Waals surface area (Å²) in [6.45, 7) is 6.52. The van der Waals surface area contributed by atoms with Gasteiger partial charge in [0.1, 0.15) is 0 Å². The second-order valence-corrected chi connectivity index (χ2v) is 7.58. The van der Waals surface area contributed by atoms with E-state index in [4.69, 9.17) is 9.47 Å². The number of nitrogens with one attached hydrogen (secondary N) is 1. The highest BCUT2D eigenvalue weighted by Crippen LogP contribution is 2.34. The van der Waals surface area contributed by atoms with Gasteiger partial charge in [-0.3, -0.25) is 14.7 Å². The van der Waals surface area contributed by atoms with Crippen LogP contribution in [0, 0.1) is 5.92 Å².